The van der Waals surface area contributed by atoms with Gasteiger partial charge in [0.1, 0.15) is 0 Å². The lowest BCUT2D eigenvalue weighted by Gasteiger charge is -2.07. The van der Waals surface area contributed by atoms with Crippen LogP contribution in [0.5, 0.6) is 0 Å². The van der Waals surface area contributed by atoms with Crippen molar-refractivity contribution < 1.29 is 9.59 Å². The highest BCUT2D eigenvalue weighted by Gasteiger charge is 2.29. The van der Waals surface area contributed by atoms with Gasteiger partial charge in [-0.25, -0.2) is 0 Å². The van der Waals surface area contributed by atoms with Gasteiger partial charge in [-0.3, -0.25) is 9.59 Å². The molecule has 0 saturated heterocycles. The minimum Gasteiger partial charge on any atom is -0.330 e. The molecular formula is C17H26ClN3O2. The highest BCUT2D eigenvalue weighted by molar-refractivity contribution is 5.95. The number of benzene rings is 1. The molecule has 0 atom stereocenters. The van der Waals surface area contributed by atoms with E-state index in [-0.39, 0.29) is 30.1 Å². The van der Waals surface area contributed by atoms with Crippen molar-refractivity contribution in [1.29, 1.82) is 0 Å². The number of amides is 2. The molecule has 0 aromatic heterocycles. The molecule has 2 amide bonds. The molecule has 23 heavy (non-hydrogen) atoms. The van der Waals surface area contributed by atoms with Crippen molar-refractivity contribution in [1.82, 2.24) is 0 Å². The normalized spacial score (nSPS) is 13.1. The van der Waals surface area contributed by atoms with E-state index in [1.807, 2.05) is 24.3 Å². The van der Waals surface area contributed by atoms with Crippen LogP contribution in [0.25, 0.3) is 0 Å². The Hall–Kier alpha value is -1.59. The van der Waals surface area contributed by atoms with Crippen molar-refractivity contribution in [3.63, 3.8) is 0 Å². The summed E-state index contributed by atoms with van der Waals surface area (Å²) < 4.78 is 0. The number of hydrogen-bond acceptors (Lipinski definition) is 3. The number of carbonyl (C=O) groups excluding carboxylic acids is 2. The maximum Gasteiger partial charge on any atom is 0.227 e. The summed E-state index contributed by atoms with van der Waals surface area (Å²) in [4.78, 5) is 23.4. The van der Waals surface area contributed by atoms with Gasteiger partial charge in [0.15, 0.2) is 0 Å². The molecule has 1 aromatic carbocycles. The Kier molecular flexibility index (Phi) is 8.66. The fraction of sp³-hybridized carbons (Fsp3) is 0.529. The zero-order valence-corrected chi connectivity index (χ0v) is 14.2. The van der Waals surface area contributed by atoms with E-state index in [0.29, 0.717) is 6.42 Å². The third-order valence-corrected chi connectivity index (χ3v) is 3.74. The Morgan fingerprint density at radius 2 is 1.52 bits per heavy atom. The standard InChI is InChI=1S/C17H25N3O2.ClH/c18-12-4-2-1-3-5-16(21)19-14-8-10-15(11-9-14)20-17(22)13-6-7-13;/h8-11,13H,1-7,12,18H2,(H,19,21)(H,20,22);1H. The first kappa shape index (κ1) is 19.5. The smallest absolute Gasteiger partial charge is 0.227 e. The highest BCUT2D eigenvalue weighted by Crippen LogP contribution is 2.30. The SMILES string of the molecule is Cl.NCCCCCCC(=O)Nc1ccc(NC(=O)C2CC2)cc1. The van der Waals surface area contributed by atoms with Gasteiger partial charge in [0, 0.05) is 23.7 Å². The van der Waals surface area contributed by atoms with Crippen molar-refractivity contribution in [2.45, 2.75) is 44.9 Å². The third-order valence-electron chi connectivity index (χ3n) is 3.74. The summed E-state index contributed by atoms with van der Waals surface area (Å²) in [5.74, 6) is 0.315. The van der Waals surface area contributed by atoms with Gasteiger partial charge in [0.25, 0.3) is 0 Å². The first-order valence-corrected chi connectivity index (χ1v) is 8.10. The van der Waals surface area contributed by atoms with Gasteiger partial charge in [-0.15, -0.1) is 12.4 Å². The Bertz CT molecular complexity index is 501. The minimum absolute atomic E-state index is 0. The van der Waals surface area contributed by atoms with Crippen LogP contribution in [0.4, 0.5) is 11.4 Å². The molecule has 2 rings (SSSR count). The summed E-state index contributed by atoms with van der Waals surface area (Å²) in [6.45, 7) is 0.718. The fourth-order valence-electron chi connectivity index (χ4n) is 2.23. The second-order valence-electron chi connectivity index (χ2n) is 5.84. The molecule has 0 heterocycles. The van der Waals surface area contributed by atoms with Crippen LogP contribution in [0.1, 0.15) is 44.9 Å². The maximum absolute atomic E-state index is 11.8. The van der Waals surface area contributed by atoms with E-state index in [4.69, 9.17) is 5.73 Å². The number of anilines is 2. The molecule has 6 heteroatoms. The average molecular weight is 340 g/mol. The third kappa shape index (κ3) is 7.48. The minimum atomic E-state index is 0. The molecule has 1 aliphatic rings. The van der Waals surface area contributed by atoms with E-state index in [9.17, 15) is 9.59 Å². The number of nitrogens with one attached hydrogen (secondary N) is 2. The number of nitrogens with two attached hydrogens (primary N) is 1. The first-order chi connectivity index (χ1) is 10.7. The lowest BCUT2D eigenvalue weighted by Crippen LogP contribution is -2.14. The Balaban J connectivity index is 0.00000264. The van der Waals surface area contributed by atoms with Gasteiger partial charge < -0.3 is 16.4 Å². The summed E-state index contributed by atoms with van der Waals surface area (Å²) in [6.07, 6.45) is 6.55. The molecule has 5 nitrogen and oxygen atoms in total. The zero-order chi connectivity index (χ0) is 15.8. The molecule has 0 aliphatic heterocycles. The lowest BCUT2D eigenvalue weighted by atomic mass is 10.1. The van der Waals surface area contributed by atoms with Gasteiger partial charge in [-0.1, -0.05) is 12.8 Å². The second kappa shape index (κ2) is 10.2. The van der Waals surface area contributed by atoms with E-state index < -0.39 is 0 Å². The molecule has 0 bridgehead atoms. The molecule has 128 valence electrons. The molecular weight excluding hydrogens is 314 g/mol. The Morgan fingerprint density at radius 3 is 2.09 bits per heavy atom. The van der Waals surface area contributed by atoms with E-state index in [1.54, 1.807) is 0 Å². The Labute approximate surface area is 143 Å². The van der Waals surface area contributed by atoms with Crippen LogP contribution >= 0.6 is 12.4 Å². The monoisotopic (exact) mass is 339 g/mol. The lowest BCUT2D eigenvalue weighted by molar-refractivity contribution is -0.117. The summed E-state index contributed by atoms with van der Waals surface area (Å²) >= 11 is 0. The van der Waals surface area contributed by atoms with Crippen LogP contribution < -0.4 is 16.4 Å². The molecule has 1 aliphatic carbocycles. The fourth-order valence-corrected chi connectivity index (χ4v) is 2.23. The molecule has 4 N–H and O–H groups in total. The number of carbonyl (C=O) groups is 2. The Morgan fingerprint density at radius 1 is 0.957 bits per heavy atom. The first-order valence-electron chi connectivity index (χ1n) is 8.10. The van der Waals surface area contributed by atoms with Crippen LogP contribution in [-0.2, 0) is 9.59 Å². The van der Waals surface area contributed by atoms with Crippen LogP contribution in [0.2, 0.25) is 0 Å². The molecule has 0 unspecified atom stereocenters. The van der Waals surface area contributed by atoms with E-state index in [2.05, 4.69) is 10.6 Å². The van der Waals surface area contributed by atoms with Crippen LogP contribution in [0, 0.1) is 5.92 Å². The summed E-state index contributed by atoms with van der Waals surface area (Å²) in [6, 6.07) is 7.26. The van der Waals surface area contributed by atoms with Crippen molar-refractivity contribution >= 4 is 35.6 Å². The van der Waals surface area contributed by atoms with Crippen molar-refractivity contribution in [3.8, 4) is 0 Å². The van der Waals surface area contributed by atoms with E-state index in [0.717, 1.165) is 56.4 Å². The van der Waals surface area contributed by atoms with Crippen molar-refractivity contribution in [2.75, 3.05) is 17.2 Å². The average Bonchev–Trinajstić information content (AvgIpc) is 3.34. The topological polar surface area (TPSA) is 84.2 Å². The van der Waals surface area contributed by atoms with Crippen LogP contribution in [0.15, 0.2) is 24.3 Å². The summed E-state index contributed by atoms with van der Waals surface area (Å²) in [5.41, 5.74) is 6.96. The van der Waals surface area contributed by atoms with Gasteiger partial charge in [0.05, 0.1) is 0 Å². The number of unbranched alkanes of at least 4 members (excludes halogenated alkanes) is 3. The van der Waals surface area contributed by atoms with Crippen molar-refractivity contribution in [2.24, 2.45) is 11.7 Å². The predicted octanol–water partition coefficient (Wildman–Crippen LogP) is 3.30. The predicted molar refractivity (Wildman–Crippen MR) is 95.8 cm³/mol. The van der Waals surface area contributed by atoms with E-state index in [1.165, 1.54) is 0 Å². The number of rotatable bonds is 9. The number of hydrogen-bond donors (Lipinski definition) is 3. The molecule has 1 saturated carbocycles. The quantitative estimate of drug-likeness (QED) is 0.603. The highest BCUT2D eigenvalue weighted by atomic mass is 35.5. The zero-order valence-electron chi connectivity index (χ0n) is 13.3. The largest absolute Gasteiger partial charge is 0.330 e. The van der Waals surface area contributed by atoms with Gasteiger partial charge in [0.2, 0.25) is 11.8 Å². The molecule has 1 aromatic rings. The summed E-state index contributed by atoms with van der Waals surface area (Å²) in [7, 11) is 0. The molecule has 0 spiro atoms. The second-order valence-corrected chi connectivity index (χ2v) is 5.84. The number of halogens is 1. The van der Waals surface area contributed by atoms with Crippen molar-refractivity contribution in [3.05, 3.63) is 24.3 Å². The molecule has 0 radical (unpaired) electrons. The molecule has 1 fully saturated rings. The van der Waals surface area contributed by atoms with Crippen LogP contribution in [0.3, 0.4) is 0 Å². The van der Waals surface area contributed by atoms with Gasteiger partial charge >= 0.3 is 0 Å². The van der Waals surface area contributed by atoms with Gasteiger partial charge in [-0.2, -0.15) is 0 Å². The van der Waals surface area contributed by atoms with E-state index >= 15 is 0 Å². The van der Waals surface area contributed by atoms with Gasteiger partial charge in [-0.05, 0) is 56.5 Å². The van der Waals surface area contributed by atoms with Crippen LogP contribution in [-0.4, -0.2) is 18.4 Å². The summed E-state index contributed by atoms with van der Waals surface area (Å²) in [5, 5.41) is 5.75. The maximum atomic E-state index is 11.8.